The average molecular weight is 598 g/mol. The molecule has 0 aliphatic heterocycles. The zero-order valence-electron chi connectivity index (χ0n) is 24.9. The molecule has 42 heavy (non-hydrogen) atoms. The van der Waals surface area contributed by atoms with Gasteiger partial charge in [-0.1, -0.05) is 38.1 Å². The van der Waals surface area contributed by atoms with E-state index in [0.717, 1.165) is 9.87 Å². The number of carbonyl (C=O) groups excluding carboxylic acids is 2. The van der Waals surface area contributed by atoms with Gasteiger partial charge in [0.2, 0.25) is 11.8 Å². The summed E-state index contributed by atoms with van der Waals surface area (Å²) in [5.74, 6) is 0.704. The minimum atomic E-state index is -4.26. The van der Waals surface area contributed by atoms with Crippen LogP contribution in [0.1, 0.15) is 26.3 Å². The lowest BCUT2D eigenvalue weighted by molar-refractivity contribution is -0.139. The maximum Gasteiger partial charge on any atom is 0.264 e. The molecule has 0 saturated heterocycles. The van der Waals surface area contributed by atoms with E-state index in [0.29, 0.717) is 18.0 Å². The largest absolute Gasteiger partial charge is 0.497 e. The van der Waals surface area contributed by atoms with Crippen LogP contribution in [0.5, 0.6) is 17.2 Å². The number of anilines is 1. The monoisotopic (exact) mass is 597 g/mol. The molecule has 0 fully saturated rings. The maximum absolute atomic E-state index is 14.1. The summed E-state index contributed by atoms with van der Waals surface area (Å²) in [5.41, 5.74) is 0.931. The van der Waals surface area contributed by atoms with Crippen molar-refractivity contribution in [2.24, 2.45) is 5.92 Å². The normalized spacial score (nSPS) is 11.9. The lowest BCUT2D eigenvalue weighted by atomic mass is 10.1. The van der Waals surface area contributed by atoms with Crippen LogP contribution in [0.3, 0.4) is 0 Å². The number of methoxy groups -OCH3 is 3. The molecule has 2 amide bonds. The molecule has 0 radical (unpaired) electrons. The highest BCUT2D eigenvalue weighted by Crippen LogP contribution is 2.33. The Kier molecular flexibility index (Phi) is 11.2. The first kappa shape index (κ1) is 32.3. The molecule has 0 aliphatic carbocycles. The molecule has 0 bridgehead atoms. The maximum atomic E-state index is 14.1. The Balaban J connectivity index is 2.04. The van der Waals surface area contributed by atoms with Crippen LogP contribution in [0.2, 0.25) is 0 Å². The first-order valence-electron chi connectivity index (χ1n) is 13.5. The van der Waals surface area contributed by atoms with E-state index in [9.17, 15) is 18.0 Å². The third-order valence-electron chi connectivity index (χ3n) is 6.64. The third kappa shape index (κ3) is 7.94. The van der Waals surface area contributed by atoms with Crippen LogP contribution >= 0.6 is 0 Å². The summed E-state index contributed by atoms with van der Waals surface area (Å²) >= 11 is 0. The van der Waals surface area contributed by atoms with Gasteiger partial charge in [-0.2, -0.15) is 0 Å². The number of nitrogens with zero attached hydrogens (tertiary/aromatic N) is 2. The Morgan fingerprint density at radius 2 is 1.38 bits per heavy atom. The lowest BCUT2D eigenvalue weighted by Crippen LogP contribution is -2.51. The summed E-state index contributed by atoms with van der Waals surface area (Å²) in [7, 11) is 0.213. The van der Waals surface area contributed by atoms with Crippen molar-refractivity contribution < 1.29 is 32.2 Å². The second-order valence-electron chi connectivity index (χ2n) is 10.0. The van der Waals surface area contributed by atoms with Gasteiger partial charge in [0.1, 0.15) is 29.8 Å². The molecule has 11 heteroatoms. The molecule has 10 nitrogen and oxygen atoms in total. The molecule has 1 atom stereocenters. The molecule has 3 rings (SSSR count). The number of benzene rings is 3. The van der Waals surface area contributed by atoms with E-state index in [-0.39, 0.29) is 34.7 Å². The van der Waals surface area contributed by atoms with Crippen molar-refractivity contribution in [1.82, 2.24) is 10.2 Å². The molecule has 0 heterocycles. The number of sulfonamides is 1. The topological polar surface area (TPSA) is 114 Å². The fourth-order valence-corrected chi connectivity index (χ4v) is 5.61. The lowest BCUT2D eigenvalue weighted by Gasteiger charge is -2.32. The highest BCUT2D eigenvalue weighted by Gasteiger charge is 2.33. The van der Waals surface area contributed by atoms with Crippen molar-refractivity contribution in [2.75, 3.05) is 38.7 Å². The van der Waals surface area contributed by atoms with Crippen molar-refractivity contribution in [1.29, 1.82) is 0 Å². The smallest absolute Gasteiger partial charge is 0.264 e. The number of nitrogens with one attached hydrogen (secondary N) is 1. The number of amides is 2. The van der Waals surface area contributed by atoms with Crippen molar-refractivity contribution in [3.05, 3.63) is 78.4 Å². The van der Waals surface area contributed by atoms with Gasteiger partial charge in [-0.25, -0.2) is 8.42 Å². The summed E-state index contributed by atoms with van der Waals surface area (Å²) in [6.07, 6.45) is 0. The van der Waals surface area contributed by atoms with E-state index in [2.05, 4.69) is 5.32 Å². The van der Waals surface area contributed by atoms with Gasteiger partial charge in [-0.05, 0) is 66.9 Å². The number of hydrogen-bond acceptors (Lipinski definition) is 7. The van der Waals surface area contributed by atoms with Crippen molar-refractivity contribution in [3.8, 4) is 17.2 Å². The molecular formula is C31H39N3O7S. The van der Waals surface area contributed by atoms with E-state index in [4.69, 9.17) is 14.2 Å². The quantitative estimate of drug-likeness (QED) is 0.298. The molecule has 1 unspecified atom stereocenters. The number of hydrogen-bond donors (Lipinski definition) is 1. The van der Waals surface area contributed by atoms with E-state index >= 15 is 0 Å². The van der Waals surface area contributed by atoms with Gasteiger partial charge >= 0.3 is 0 Å². The molecule has 3 aromatic rings. The predicted molar refractivity (Wildman–Crippen MR) is 161 cm³/mol. The minimum absolute atomic E-state index is 0.0357. The van der Waals surface area contributed by atoms with Crippen LogP contribution in [0.4, 0.5) is 5.69 Å². The van der Waals surface area contributed by atoms with E-state index in [1.54, 1.807) is 62.6 Å². The fourth-order valence-electron chi connectivity index (χ4n) is 4.19. The van der Waals surface area contributed by atoms with Gasteiger partial charge in [0.15, 0.2) is 0 Å². The first-order valence-corrected chi connectivity index (χ1v) is 15.0. The van der Waals surface area contributed by atoms with Gasteiger partial charge in [0.25, 0.3) is 10.0 Å². The first-order chi connectivity index (χ1) is 20.0. The predicted octanol–water partition coefficient (Wildman–Crippen LogP) is 4.10. The molecule has 0 aliphatic rings. The molecule has 0 spiro atoms. The van der Waals surface area contributed by atoms with Gasteiger partial charge in [-0.3, -0.25) is 13.9 Å². The third-order valence-corrected chi connectivity index (χ3v) is 8.42. The summed E-state index contributed by atoms with van der Waals surface area (Å²) in [5, 5.41) is 2.87. The highest BCUT2D eigenvalue weighted by atomic mass is 32.2. The van der Waals surface area contributed by atoms with Crippen LogP contribution < -0.4 is 23.8 Å². The molecule has 0 aromatic heterocycles. The fraction of sp³-hybridized carbons (Fsp3) is 0.355. The van der Waals surface area contributed by atoms with Gasteiger partial charge in [0, 0.05) is 13.1 Å². The van der Waals surface area contributed by atoms with Crippen molar-refractivity contribution in [2.45, 2.75) is 38.3 Å². The van der Waals surface area contributed by atoms with Crippen LogP contribution in [0, 0.1) is 5.92 Å². The summed E-state index contributed by atoms with van der Waals surface area (Å²) in [6, 6.07) is 18.7. The molecule has 3 aromatic carbocycles. The van der Waals surface area contributed by atoms with Crippen molar-refractivity contribution in [3.63, 3.8) is 0 Å². The van der Waals surface area contributed by atoms with Crippen molar-refractivity contribution >= 4 is 27.5 Å². The van der Waals surface area contributed by atoms with Crippen LogP contribution in [-0.4, -0.2) is 65.6 Å². The number of ether oxygens (including phenoxy) is 3. The second-order valence-corrected chi connectivity index (χ2v) is 11.9. The Morgan fingerprint density at radius 3 is 1.93 bits per heavy atom. The zero-order valence-corrected chi connectivity index (χ0v) is 25.7. The van der Waals surface area contributed by atoms with Crippen LogP contribution in [-0.2, 0) is 26.2 Å². The molecule has 1 N–H and O–H groups in total. The molecule has 0 saturated carbocycles. The summed E-state index contributed by atoms with van der Waals surface area (Å²) in [4.78, 5) is 28.5. The van der Waals surface area contributed by atoms with E-state index in [1.165, 1.54) is 43.4 Å². The minimum Gasteiger partial charge on any atom is -0.497 e. The summed E-state index contributed by atoms with van der Waals surface area (Å²) < 4.78 is 45.0. The Morgan fingerprint density at radius 1 is 0.810 bits per heavy atom. The van der Waals surface area contributed by atoms with Gasteiger partial charge in [0.05, 0.1) is 31.9 Å². The molecule has 226 valence electrons. The summed E-state index contributed by atoms with van der Waals surface area (Å²) in [6.45, 7) is 5.50. The van der Waals surface area contributed by atoms with Crippen LogP contribution in [0.25, 0.3) is 0 Å². The van der Waals surface area contributed by atoms with Crippen LogP contribution in [0.15, 0.2) is 77.7 Å². The van der Waals surface area contributed by atoms with Gasteiger partial charge < -0.3 is 24.4 Å². The Bertz CT molecular complexity index is 1440. The SMILES string of the molecule is COc1ccc(CN(C(=O)CN(c2ccccc2OC)S(=O)(=O)c2ccc(OC)cc2)C(C)C(=O)NCC(C)C)cc1. The second kappa shape index (κ2) is 14.6. The highest BCUT2D eigenvalue weighted by molar-refractivity contribution is 7.92. The molecular weight excluding hydrogens is 558 g/mol. The Hall–Kier alpha value is -4.25. The number of para-hydroxylation sites is 2. The van der Waals surface area contributed by atoms with E-state index in [1.807, 2.05) is 13.8 Å². The standard InChI is InChI=1S/C31H39N3O7S/c1-22(2)19-32-31(36)23(3)33(20-24-11-13-25(39-4)14-12-24)30(35)21-34(28-9-7-8-10-29(28)41-6)42(37,38)27-17-15-26(40-5)16-18-27/h7-18,22-23H,19-21H2,1-6H3,(H,32,36). The number of rotatable bonds is 14. The number of carbonyl (C=O) groups is 2. The van der Waals surface area contributed by atoms with E-state index < -0.39 is 28.5 Å². The average Bonchev–Trinajstić information content (AvgIpc) is 3.00. The Labute approximate surface area is 248 Å². The zero-order chi connectivity index (χ0) is 30.9. The van der Waals surface area contributed by atoms with Gasteiger partial charge in [-0.15, -0.1) is 0 Å².